The smallest absolute Gasteiger partial charge is 0.407 e. The van der Waals surface area contributed by atoms with Gasteiger partial charge in [0, 0.05) is 31.0 Å². The molecule has 8 nitrogen and oxygen atoms in total. The molecule has 1 fully saturated rings. The Labute approximate surface area is 240 Å². The molecule has 3 aromatic carbocycles. The van der Waals surface area contributed by atoms with Crippen LogP contribution in [0.1, 0.15) is 48.3 Å². The number of amides is 2. The lowest BCUT2D eigenvalue weighted by Crippen LogP contribution is -2.50. The number of carboxylic acids is 1. The Hall–Kier alpha value is -4.17. The number of alkyl carbamates (subject to hydrolysis) is 1. The van der Waals surface area contributed by atoms with Crippen molar-refractivity contribution in [3.63, 3.8) is 0 Å². The molecular formula is C33H37N3O5. The number of hydrogen-bond acceptors (Lipinski definition) is 5. The molecule has 0 saturated heterocycles. The van der Waals surface area contributed by atoms with Gasteiger partial charge in [-0.15, -0.1) is 0 Å². The van der Waals surface area contributed by atoms with Gasteiger partial charge in [0.25, 0.3) is 0 Å². The third-order valence-corrected chi connectivity index (χ3v) is 8.11. The normalized spacial score (nSPS) is 18.7. The van der Waals surface area contributed by atoms with E-state index in [-0.39, 0.29) is 36.9 Å². The van der Waals surface area contributed by atoms with E-state index in [9.17, 15) is 19.5 Å². The Kier molecular flexibility index (Phi) is 8.99. The van der Waals surface area contributed by atoms with Gasteiger partial charge in [-0.1, -0.05) is 85.3 Å². The maximum absolute atomic E-state index is 13.1. The fourth-order valence-corrected chi connectivity index (χ4v) is 6.11. The lowest BCUT2D eigenvalue weighted by molar-refractivity contribution is -0.143. The number of nitrogens with zero attached hydrogens (tertiary/aromatic N) is 1. The molecule has 0 aliphatic heterocycles. The van der Waals surface area contributed by atoms with Crippen LogP contribution in [-0.2, 0) is 20.9 Å². The second-order valence-electron chi connectivity index (χ2n) is 11.1. The van der Waals surface area contributed by atoms with Crippen molar-refractivity contribution in [2.24, 2.45) is 5.92 Å². The fourth-order valence-electron chi connectivity index (χ4n) is 6.11. The molecule has 3 aromatic rings. The maximum atomic E-state index is 13.1. The van der Waals surface area contributed by atoms with Crippen molar-refractivity contribution in [1.82, 2.24) is 15.5 Å². The Morgan fingerprint density at radius 2 is 1.56 bits per heavy atom. The van der Waals surface area contributed by atoms with Crippen molar-refractivity contribution >= 4 is 18.0 Å². The molecule has 2 amide bonds. The number of aliphatic carboxylic acids is 1. The summed E-state index contributed by atoms with van der Waals surface area (Å²) in [5.74, 6) is -1.75. The third-order valence-electron chi connectivity index (χ3n) is 8.11. The number of carbonyl (C=O) groups excluding carboxylic acids is 2. The molecule has 5 rings (SSSR count). The fraction of sp³-hybridized carbons (Fsp3) is 0.364. The summed E-state index contributed by atoms with van der Waals surface area (Å²) in [5, 5.41) is 15.4. The quantitative estimate of drug-likeness (QED) is 0.332. The number of fused-ring (bicyclic) bond motifs is 3. The number of benzene rings is 3. The molecule has 214 valence electrons. The molecule has 2 aliphatic rings. The van der Waals surface area contributed by atoms with Gasteiger partial charge in [0.2, 0.25) is 5.91 Å². The van der Waals surface area contributed by atoms with E-state index in [2.05, 4.69) is 34.9 Å². The van der Waals surface area contributed by atoms with Gasteiger partial charge in [0.15, 0.2) is 0 Å². The summed E-state index contributed by atoms with van der Waals surface area (Å²) >= 11 is 0. The van der Waals surface area contributed by atoms with Gasteiger partial charge in [0.1, 0.15) is 12.6 Å². The van der Waals surface area contributed by atoms with Gasteiger partial charge >= 0.3 is 12.1 Å². The Bertz CT molecular complexity index is 1330. The number of nitrogens with one attached hydrogen (secondary N) is 2. The molecule has 1 unspecified atom stereocenters. The van der Waals surface area contributed by atoms with Crippen LogP contribution in [0.15, 0.2) is 78.9 Å². The summed E-state index contributed by atoms with van der Waals surface area (Å²) in [5.41, 5.74) is 5.71. The van der Waals surface area contributed by atoms with E-state index < -0.39 is 18.1 Å². The van der Waals surface area contributed by atoms with Crippen molar-refractivity contribution in [2.75, 3.05) is 20.2 Å². The highest BCUT2D eigenvalue weighted by molar-refractivity contribution is 5.85. The van der Waals surface area contributed by atoms with Crippen LogP contribution in [0.25, 0.3) is 11.1 Å². The average molecular weight is 556 g/mol. The molecule has 3 atom stereocenters. The van der Waals surface area contributed by atoms with Gasteiger partial charge in [-0.25, -0.2) is 9.59 Å². The molecule has 0 radical (unpaired) electrons. The maximum Gasteiger partial charge on any atom is 0.407 e. The van der Waals surface area contributed by atoms with Gasteiger partial charge in [0.05, 0.1) is 0 Å². The molecule has 0 aromatic heterocycles. The van der Waals surface area contributed by atoms with Crippen molar-refractivity contribution in [1.29, 1.82) is 0 Å². The van der Waals surface area contributed by atoms with Crippen LogP contribution in [0.2, 0.25) is 0 Å². The number of carboxylic acid groups (broad SMARTS) is 1. The van der Waals surface area contributed by atoms with Crippen molar-refractivity contribution in [3.05, 3.63) is 95.6 Å². The minimum absolute atomic E-state index is 0.0222. The first-order chi connectivity index (χ1) is 19.9. The van der Waals surface area contributed by atoms with E-state index >= 15 is 0 Å². The zero-order valence-electron chi connectivity index (χ0n) is 23.3. The Morgan fingerprint density at radius 3 is 2.22 bits per heavy atom. The van der Waals surface area contributed by atoms with Crippen LogP contribution in [-0.4, -0.2) is 60.3 Å². The van der Waals surface area contributed by atoms with Gasteiger partial charge in [-0.05, 0) is 54.1 Å². The van der Waals surface area contributed by atoms with E-state index in [1.165, 1.54) is 11.1 Å². The van der Waals surface area contributed by atoms with Gasteiger partial charge < -0.3 is 20.5 Å². The van der Waals surface area contributed by atoms with E-state index in [0.717, 1.165) is 29.5 Å². The van der Waals surface area contributed by atoms with Crippen molar-refractivity contribution < 1.29 is 24.2 Å². The monoisotopic (exact) mass is 555 g/mol. The Balaban J connectivity index is 1.12. The first kappa shape index (κ1) is 28.4. The first-order valence-corrected chi connectivity index (χ1v) is 14.3. The number of carbonyl (C=O) groups is 3. The molecule has 0 bridgehead atoms. The number of likely N-dealkylation sites (N-methyl/N-ethyl adjacent to an activating group) is 1. The number of ether oxygens (including phenoxy) is 1. The van der Waals surface area contributed by atoms with Crippen LogP contribution in [0.3, 0.4) is 0 Å². The zero-order valence-corrected chi connectivity index (χ0v) is 23.3. The average Bonchev–Trinajstić information content (AvgIpc) is 3.30. The van der Waals surface area contributed by atoms with Crippen LogP contribution >= 0.6 is 0 Å². The second-order valence-corrected chi connectivity index (χ2v) is 11.1. The minimum Gasteiger partial charge on any atom is -0.480 e. The lowest BCUT2D eigenvalue weighted by Gasteiger charge is -2.30. The molecule has 2 aliphatic carbocycles. The van der Waals surface area contributed by atoms with Gasteiger partial charge in [-0.2, -0.15) is 0 Å². The van der Waals surface area contributed by atoms with Crippen molar-refractivity contribution in [3.8, 4) is 11.1 Å². The van der Waals surface area contributed by atoms with E-state index in [1.807, 2.05) is 66.5 Å². The first-order valence-electron chi connectivity index (χ1n) is 14.3. The topological polar surface area (TPSA) is 108 Å². The molecular weight excluding hydrogens is 518 g/mol. The lowest BCUT2D eigenvalue weighted by atomic mass is 9.85. The second kappa shape index (κ2) is 13.0. The van der Waals surface area contributed by atoms with E-state index in [1.54, 1.807) is 0 Å². The summed E-state index contributed by atoms with van der Waals surface area (Å²) in [4.78, 5) is 39.7. The van der Waals surface area contributed by atoms with Crippen LogP contribution < -0.4 is 10.6 Å². The van der Waals surface area contributed by atoms with Crippen LogP contribution in [0, 0.1) is 5.92 Å². The summed E-state index contributed by atoms with van der Waals surface area (Å²) in [7, 11) is 1.84. The minimum atomic E-state index is -1.07. The standard InChI is InChI=1S/C33H37N3O5/c1-36(19-22-10-3-2-4-11-22)20-30(32(38)39)35-31(37)23-12-9-13-24(18-23)34-33(40)41-21-29-27-16-7-5-14-25(27)26-15-6-8-17-28(26)29/h2-8,10-11,14-17,23-24,29-30H,9,12-13,18-21H2,1H3,(H,34,40)(H,35,37)(H,38,39)/t23-,24+,30?/m1/s1. The molecule has 8 heteroatoms. The molecule has 0 heterocycles. The molecule has 3 N–H and O–H groups in total. The predicted molar refractivity (Wildman–Crippen MR) is 156 cm³/mol. The molecule has 0 spiro atoms. The summed E-state index contributed by atoms with van der Waals surface area (Å²) in [6.07, 6.45) is 2.11. The zero-order chi connectivity index (χ0) is 28.8. The van der Waals surface area contributed by atoms with Crippen molar-refractivity contribution in [2.45, 2.75) is 50.2 Å². The molecule has 1 saturated carbocycles. The largest absolute Gasteiger partial charge is 0.480 e. The SMILES string of the molecule is CN(Cc1ccccc1)CC(NC(=O)[C@@H]1CCC[C@H](NC(=O)OCC2c3ccccc3-c3ccccc32)C1)C(=O)O. The van der Waals surface area contributed by atoms with Gasteiger partial charge in [-0.3, -0.25) is 9.69 Å². The predicted octanol–water partition coefficient (Wildman–Crippen LogP) is 4.79. The Morgan fingerprint density at radius 1 is 0.927 bits per heavy atom. The highest BCUT2D eigenvalue weighted by Gasteiger charge is 2.32. The highest BCUT2D eigenvalue weighted by Crippen LogP contribution is 2.44. The number of rotatable bonds is 10. The summed E-state index contributed by atoms with van der Waals surface area (Å²) in [6.45, 7) is 0.994. The third kappa shape index (κ3) is 6.95. The van der Waals surface area contributed by atoms with E-state index in [4.69, 9.17) is 4.74 Å². The van der Waals surface area contributed by atoms with E-state index in [0.29, 0.717) is 19.4 Å². The number of hydrogen-bond donors (Lipinski definition) is 3. The van der Waals surface area contributed by atoms with Crippen LogP contribution in [0.4, 0.5) is 4.79 Å². The molecule has 41 heavy (non-hydrogen) atoms. The summed E-state index contributed by atoms with van der Waals surface area (Å²) < 4.78 is 5.69. The van der Waals surface area contributed by atoms with Crippen LogP contribution in [0.5, 0.6) is 0 Å². The highest BCUT2D eigenvalue weighted by atomic mass is 16.5. The summed E-state index contributed by atoms with van der Waals surface area (Å²) in [6, 6.07) is 24.9.